The number of methoxy groups -OCH3 is 2. The Morgan fingerprint density at radius 2 is 1.89 bits per heavy atom. The van der Waals surface area contributed by atoms with Crippen LogP contribution in [0.15, 0.2) is 24.3 Å². The summed E-state index contributed by atoms with van der Waals surface area (Å²) in [5.74, 6) is 0.965. The first-order valence-electron chi connectivity index (χ1n) is 9.55. The fourth-order valence-electron chi connectivity index (χ4n) is 3.79. The number of rotatable bonds is 6. The van der Waals surface area contributed by atoms with Crippen LogP contribution >= 0.6 is 0 Å². The normalized spacial score (nSPS) is 21.0. The standard InChI is InChI=1S/C20H29N3O4/c1-26-13-12-22-11-10-21-8-3-9-23(15-18(21)20(22)25)19(24)14-16-4-6-17(27-2)7-5-16/h4-7,18H,3,8-15H2,1-2H3. The van der Waals surface area contributed by atoms with Gasteiger partial charge in [-0.1, -0.05) is 12.1 Å². The third-order valence-corrected chi connectivity index (χ3v) is 5.39. The van der Waals surface area contributed by atoms with Crippen LogP contribution in [0.4, 0.5) is 0 Å². The van der Waals surface area contributed by atoms with Crippen LogP contribution in [0.5, 0.6) is 5.75 Å². The van der Waals surface area contributed by atoms with Gasteiger partial charge in [0.05, 0.1) is 20.1 Å². The predicted molar refractivity (Wildman–Crippen MR) is 102 cm³/mol. The van der Waals surface area contributed by atoms with Gasteiger partial charge >= 0.3 is 0 Å². The van der Waals surface area contributed by atoms with Crippen LogP contribution in [-0.4, -0.2) is 92.7 Å². The van der Waals surface area contributed by atoms with E-state index in [1.54, 1.807) is 14.2 Å². The zero-order chi connectivity index (χ0) is 19.2. The minimum atomic E-state index is -0.238. The molecule has 1 atom stereocenters. The largest absolute Gasteiger partial charge is 0.497 e. The van der Waals surface area contributed by atoms with Crippen molar-refractivity contribution in [3.63, 3.8) is 0 Å². The number of carbonyl (C=O) groups is 2. The van der Waals surface area contributed by atoms with E-state index in [0.29, 0.717) is 32.7 Å². The Hall–Kier alpha value is -2.12. The van der Waals surface area contributed by atoms with Gasteiger partial charge in [-0.15, -0.1) is 0 Å². The van der Waals surface area contributed by atoms with E-state index >= 15 is 0 Å². The molecule has 3 rings (SSSR count). The number of amides is 2. The summed E-state index contributed by atoms with van der Waals surface area (Å²) in [5, 5.41) is 0. The number of benzene rings is 1. The molecule has 2 aliphatic rings. The van der Waals surface area contributed by atoms with Gasteiger partial charge in [-0.25, -0.2) is 0 Å². The molecular weight excluding hydrogens is 346 g/mol. The molecule has 0 aliphatic carbocycles. The SMILES string of the molecule is COCCN1CCN2CCCN(C(=O)Cc3ccc(OC)cc3)CC2C1=O. The first-order valence-corrected chi connectivity index (χ1v) is 9.55. The monoisotopic (exact) mass is 375 g/mol. The van der Waals surface area contributed by atoms with Crippen LogP contribution in [0.1, 0.15) is 12.0 Å². The maximum absolute atomic E-state index is 12.9. The van der Waals surface area contributed by atoms with E-state index in [-0.39, 0.29) is 17.9 Å². The summed E-state index contributed by atoms with van der Waals surface area (Å²) in [7, 11) is 3.27. The lowest BCUT2D eigenvalue weighted by atomic mass is 10.1. The summed E-state index contributed by atoms with van der Waals surface area (Å²) in [6, 6.07) is 7.33. The molecule has 7 heteroatoms. The van der Waals surface area contributed by atoms with Crippen molar-refractivity contribution in [3.8, 4) is 5.75 Å². The molecule has 0 bridgehead atoms. The molecular formula is C20H29N3O4. The van der Waals surface area contributed by atoms with Gasteiger partial charge in [0, 0.05) is 46.4 Å². The van der Waals surface area contributed by atoms with Crippen LogP contribution in [0.2, 0.25) is 0 Å². The highest BCUT2D eigenvalue weighted by Gasteiger charge is 2.37. The van der Waals surface area contributed by atoms with Gasteiger partial charge in [0.15, 0.2) is 0 Å². The smallest absolute Gasteiger partial charge is 0.241 e. The van der Waals surface area contributed by atoms with E-state index in [1.165, 1.54) is 0 Å². The summed E-state index contributed by atoms with van der Waals surface area (Å²) in [4.78, 5) is 31.7. The second-order valence-corrected chi connectivity index (χ2v) is 7.09. The lowest BCUT2D eigenvalue weighted by Crippen LogP contribution is -2.60. The van der Waals surface area contributed by atoms with Gasteiger partial charge in [-0.05, 0) is 24.1 Å². The Labute approximate surface area is 160 Å². The van der Waals surface area contributed by atoms with E-state index in [2.05, 4.69) is 4.90 Å². The number of fused-ring (bicyclic) bond motifs is 1. The molecule has 0 N–H and O–H groups in total. The molecule has 2 heterocycles. The minimum Gasteiger partial charge on any atom is -0.497 e. The van der Waals surface area contributed by atoms with Crippen molar-refractivity contribution in [1.29, 1.82) is 0 Å². The van der Waals surface area contributed by atoms with Gasteiger partial charge in [0.1, 0.15) is 11.8 Å². The second-order valence-electron chi connectivity index (χ2n) is 7.09. The Kier molecular flexibility index (Phi) is 6.68. The zero-order valence-electron chi connectivity index (χ0n) is 16.2. The number of ether oxygens (including phenoxy) is 2. The van der Waals surface area contributed by atoms with E-state index in [0.717, 1.165) is 37.4 Å². The van der Waals surface area contributed by atoms with Gasteiger partial charge < -0.3 is 19.3 Å². The van der Waals surface area contributed by atoms with Gasteiger partial charge in [0.25, 0.3) is 0 Å². The molecule has 1 aromatic carbocycles. The molecule has 2 fully saturated rings. The topological polar surface area (TPSA) is 62.3 Å². The van der Waals surface area contributed by atoms with Crippen LogP contribution in [0.3, 0.4) is 0 Å². The third kappa shape index (κ3) is 4.78. The Balaban J connectivity index is 1.64. The molecule has 7 nitrogen and oxygen atoms in total. The minimum absolute atomic E-state index is 0.0730. The predicted octanol–water partition coefficient (Wildman–Crippen LogP) is 0.629. The second kappa shape index (κ2) is 9.19. The summed E-state index contributed by atoms with van der Waals surface area (Å²) < 4.78 is 10.3. The zero-order valence-corrected chi connectivity index (χ0v) is 16.2. The maximum Gasteiger partial charge on any atom is 0.241 e. The average Bonchev–Trinajstić information content (AvgIpc) is 2.91. The van der Waals surface area contributed by atoms with E-state index < -0.39 is 0 Å². The van der Waals surface area contributed by atoms with E-state index in [1.807, 2.05) is 34.1 Å². The van der Waals surface area contributed by atoms with Crippen molar-refractivity contribution >= 4 is 11.8 Å². The Morgan fingerprint density at radius 3 is 2.59 bits per heavy atom. The molecule has 1 unspecified atom stereocenters. The lowest BCUT2D eigenvalue weighted by molar-refractivity contribution is -0.143. The van der Waals surface area contributed by atoms with Crippen molar-refractivity contribution in [2.75, 3.05) is 60.1 Å². The van der Waals surface area contributed by atoms with Crippen molar-refractivity contribution in [3.05, 3.63) is 29.8 Å². The fourth-order valence-corrected chi connectivity index (χ4v) is 3.79. The highest BCUT2D eigenvalue weighted by Crippen LogP contribution is 2.18. The van der Waals surface area contributed by atoms with E-state index in [4.69, 9.17) is 9.47 Å². The van der Waals surface area contributed by atoms with Crippen LogP contribution in [-0.2, 0) is 20.7 Å². The summed E-state index contributed by atoms with van der Waals surface area (Å²) in [5.41, 5.74) is 0.957. The van der Waals surface area contributed by atoms with Gasteiger partial charge in [-0.3, -0.25) is 14.5 Å². The van der Waals surface area contributed by atoms with Crippen LogP contribution in [0.25, 0.3) is 0 Å². The molecule has 2 aliphatic heterocycles. The first kappa shape index (κ1) is 19.6. The highest BCUT2D eigenvalue weighted by atomic mass is 16.5. The molecule has 2 amide bonds. The molecule has 2 saturated heterocycles. The quantitative estimate of drug-likeness (QED) is 0.730. The summed E-state index contributed by atoms with van der Waals surface area (Å²) >= 11 is 0. The average molecular weight is 375 g/mol. The van der Waals surface area contributed by atoms with Crippen molar-refractivity contribution in [2.45, 2.75) is 18.9 Å². The Morgan fingerprint density at radius 1 is 1.11 bits per heavy atom. The molecule has 148 valence electrons. The first-order chi connectivity index (χ1) is 13.1. The molecule has 1 aromatic rings. The molecule has 27 heavy (non-hydrogen) atoms. The van der Waals surface area contributed by atoms with Gasteiger partial charge in [0.2, 0.25) is 11.8 Å². The fraction of sp³-hybridized carbons (Fsp3) is 0.600. The van der Waals surface area contributed by atoms with Crippen LogP contribution in [0, 0.1) is 0 Å². The number of piperazine rings is 1. The maximum atomic E-state index is 12.9. The van der Waals surface area contributed by atoms with Crippen molar-refractivity contribution < 1.29 is 19.1 Å². The van der Waals surface area contributed by atoms with Crippen molar-refractivity contribution in [2.24, 2.45) is 0 Å². The Bertz CT molecular complexity index is 649. The number of nitrogens with zero attached hydrogens (tertiary/aromatic N) is 3. The number of hydrogen-bond acceptors (Lipinski definition) is 5. The third-order valence-electron chi connectivity index (χ3n) is 5.39. The molecule has 0 spiro atoms. The summed E-state index contributed by atoms with van der Waals surface area (Å²) in [6.07, 6.45) is 1.24. The van der Waals surface area contributed by atoms with Crippen LogP contribution < -0.4 is 4.74 Å². The lowest BCUT2D eigenvalue weighted by Gasteiger charge is -2.40. The molecule has 0 radical (unpaired) electrons. The number of hydrogen-bond donors (Lipinski definition) is 0. The van der Waals surface area contributed by atoms with Crippen molar-refractivity contribution in [1.82, 2.24) is 14.7 Å². The molecule has 0 saturated carbocycles. The number of carbonyl (C=O) groups excluding carboxylic acids is 2. The van der Waals surface area contributed by atoms with Gasteiger partial charge in [-0.2, -0.15) is 0 Å². The molecule has 0 aromatic heterocycles. The van der Waals surface area contributed by atoms with E-state index in [9.17, 15) is 9.59 Å². The highest BCUT2D eigenvalue weighted by molar-refractivity contribution is 5.85. The summed E-state index contributed by atoms with van der Waals surface area (Å²) in [6.45, 7) is 4.78.